The van der Waals surface area contributed by atoms with Gasteiger partial charge in [-0.15, -0.1) is 0 Å². The molecule has 0 aliphatic heterocycles. The normalized spacial score (nSPS) is 11.3. The summed E-state index contributed by atoms with van der Waals surface area (Å²) in [4.78, 5) is 17.8. The standard InChI is InChI=1S/C23H23FN4O2/c1-5-14-30-27-15(2)17-10-12-18(13-11-17)19-8-6-7-9-20(19)25-23(29)21-16(3)26-28(4)22(21)24/h5-13H,1,14H2,2-4H3,(H,25,29). The Balaban J connectivity index is 1.86. The Labute approximate surface area is 174 Å². The lowest BCUT2D eigenvalue weighted by molar-refractivity contribution is 0.102. The molecule has 3 aromatic rings. The molecule has 0 radical (unpaired) electrons. The van der Waals surface area contributed by atoms with E-state index in [4.69, 9.17) is 4.84 Å². The lowest BCUT2D eigenvalue weighted by atomic mass is 10.0. The number of carbonyl (C=O) groups is 1. The van der Waals surface area contributed by atoms with Crippen LogP contribution in [0.2, 0.25) is 0 Å². The summed E-state index contributed by atoms with van der Waals surface area (Å²) >= 11 is 0. The zero-order valence-electron chi connectivity index (χ0n) is 17.1. The van der Waals surface area contributed by atoms with Crippen molar-refractivity contribution in [2.75, 3.05) is 11.9 Å². The number of amides is 1. The average molecular weight is 406 g/mol. The maximum Gasteiger partial charge on any atom is 0.262 e. The van der Waals surface area contributed by atoms with Crippen LogP contribution >= 0.6 is 0 Å². The van der Waals surface area contributed by atoms with Gasteiger partial charge in [-0.2, -0.15) is 9.49 Å². The highest BCUT2D eigenvalue weighted by molar-refractivity contribution is 6.07. The second kappa shape index (κ2) is 9.17. The van der Waals surface area contributed by atoms with Crippen molar-refractivity contribution in [2.24, 2.45) is 12.2 Å². The van der Waals surface area contributed by atoms with Crippen molar-refractivity contribution in [3.63, 3.8) is 0 Å². The van der Waals surface area contributed by atoms with Crippen molar-refractivity contribution in [3.8, 4) is 11.1 Å². The van der Waals surface area contributed by atoms with Gasteiger partial charge in [0.1, 0.15) is 12.2 Å². The number of hydrogen-bond donors (Lipinski definition) is 1. The molecule has 0 saturated heterocycles. The fraction of sp³-hybridized carbons (Fsp3) is 0.174. The summed E-state index contributed by atoms with van der Waals surface area (Å²) in [6.45, 7) is 7.39. The third-order valence-corrected chi connectivity index (χ3v) is 4.56. The van der Waals surface area contributed by atoms with Gasteiger partial charge in [0.2, 0.25) is 5.95 Å². The van der Waals surface area contributed by atoms with Crippen molar-refractivity contribution in [1.82, 2.24) is 9.78 Å². The van der Waals surface area contributed by atoms with Gasteiger partial charge in [0, 0.05) is 18.3 Å². The largest absolute Gasteiger partial charge is 0.391 e. The van der Waals surface area contributed by atoms with E-state index in [9.17, 15) is 9.18 Å². The highest BCUT2D eigenvalue weighted by atomic mass is 19.1. The van der Waals surface area contributed by atoms with Crippen LogP contribution in [-0.2, 0) is 11.9 Å². The van der Waals surface area contributed by atoms with Crippen molar-refractivity contribution < 1.29 is 14.0 Å². The molecule has 7 heteroatoms. The number of oxime groups is 1. The first-order chi connectivity index (χ1) is 14.4. The minimum absolute atomic E-state index is 0.0611. The van der Waals surface area contributed by atoms with Crippen LogP contribution in [0.25, 0.3) is 11.1 Å². The zero-order valence-corrected chi connectivity index (χ0v) is 17.1. The molecule has 3 rings (SSSR count). The Morgan fingerprint density at radius 1 is 1.27 bits per heavy atom. The molecule has 0 atom stereocenters. The third-order valence-electron chi connectivity index (χ3n) is 4.56. The molecule has 0 fully saturated rings. The van der Waals surface area contributed by atoms with Crippen molar-refractivity contribution in [1.29, 1.82) is 0 Å². The smallest absolute Gasteiger partial charge is 0.262 e. The summed E-state index contributed by atoms with van der Waals surface area (Å²) < 4.78 is 15.3. The summed E-state index contributed by atoms with van der Waals surface area (Å²) in [5.41, 5.74) is 4.23. The molecule has 0 saturated carbocycles. The fourth-order valence-corrected chi connectivity index (χ4v) is 3.05. The number of aromatic nitrogens is 2. The lowest BCUT2D eigenvalue weighted by Gasteiger charge is -2.12. The van der Waals surface area contributed by atoms with E-state index in [1.165, 1.54) is 7.05 Å². The summed E-state index contributed by atoms with van der Waals surface area (Å²) in [6.07, 6.45) is 1.63. The van der Waals surface area contributed by atoms with Crippen molar-refractivity contribution in [2.45, 2.75) is 13.8 Å². The Morgan fingerprint density at radius 2 is 1.97 bits per heavy atom. The molecule has 1 heterocycles. The second-order valence-corrected chi connectivity index (χ2v) is 6.71. The van der Waals surface area contributed by atoms with Crippen molar-refractivity contribution in [3.05, 3.63) is 84.0 Å². The van der Waals surface area contributed by atoms with Crippen LogP contribution < -0.4 is 5.32 Å². The van der Waals surface area contributed by atoms with Gasteiger partial charge in [-0.3, -0.25) is 4.79 Å². The number of hydrogen-bond acceptors (Lipinski definition) is 4. The predicted molar refractivity (Wildman–Crippen MR) is 116 cm³/mol. The van der Waals surface area contributed by atoms with Gasteiger partial charge in [0.15, 0.2) is 0 Å². The van der Waals surface area contributed by atoms with Gasteiger partial charge >= 0.3 is 0 Å². The molecule has 2 aromatic carbocycles. The number of rotatable bonds is 7. The first-order valence-electron chi connectivity index (χ1n) is 9.40. The minimum atomic E-state index is -0.666. The SMILES string of the molecule is C=CCON=C(C)c1ccc(-c2ccccc2NC(=O)c2c(C)nn(C)c2F)cc1. The quantitative estimate of drug-likeness (QED) is 0.267. The van der Waals surface area contributed by atoms with Crippen LogP contribution in [0.4, 0.5) is 10.1 Å². The Bertz CT molecular complexity index is 1100. The van der Waals surface area contributed by atoms with E-state index >= 15 is 0 Å². The van der Waals surface area contributed by atoms with E-state index < -0.39 is 11.9 Å². The Kier molecular flexibility index (Phi) is 6.41. The predicted octanol–water partition coefficient (Wildman–Crippen LogP) is 4.71. The number of nitrogens with one attached hydrogen (secondary N) is 1. The molecular formula is C23H23FN4O2. The fourth-order valence-electron chi connectivity index (χ4n) is 3.05. The molecule has 1 N–H and O–H groups in total. The molecule has 0 bridgehead atoms. The van der Waals surface area contributed by atoms with Crippen molar-refractivity contribution >= 4 is 17.3 Å². The zero-order chi connectivity index (χ0) is 21.7. The summed E-state index contributed by atoms with van der Waals surface area (Å²) in [6, 6.07) is 15.1. The number of aryl methyl sites for hydroxylation is 2. The number of benzene rings is 2. The topological polar surface area (TPSA) is 68.5 Å². The van der Waals surface area contributed by atoms with E-state index in [1.807, 2.05) is 49.4 Å². The number of nitrogens with zero attached hydrogens (tertiary/aromatic N) is 3. The van der Waals surface area contributed by atoms with E-state index in [2.05, 4.69) is 22.2 Å². The van der Waals surface area contributed by atoms with Gasteiger partial charge in [-0.25, -0.2) is 4.68 Å². The number of halogens is 1. The summed E-state index contributed by atoms with van der Waals surface area (Å²) in [5.74, 6) is -1.20. The van der Waals surface area contributed by atoms with Gasteiger partial charge in [0.05, 0.1) is 11.4 Å². The van der Waals surface area contributed by atoms with Gasteiger partial charge in [0.25, 0.3) is 5.91 Å². The number of para-hydroxylation sites is 1. The minimum Gasteiger partial charge on any atom is -0.391 e. The maximum atomic E-state index is 14.2. The molecular weight excluding hydrogens is 383 g/mol. The molecule has 0 aliphatic rings. The lowest BCUT2D eigenvalue weighted by Crippen LogP contribution is -2.15. The number of anilines is 1. The number of carbonyl (C=O) groups excluding carboxylic acids is 1. The molecule has 154 valence electrons. The molecule has 6 nitrogen and oxygen atoms in total. The molecule has 1 aromatic heterocycles. The van der Waals surface area contributed by atoms with E-state index in [-0.39, 0.29) is 5.56 Å². The van der Waals surface area contributed by atoms with Crippen LogP contribution in [0.3, 0.4) is 0 Å². The van der Waals surface area contributed by atoms with Gasteiger partial charge < -0.3 is 10.2 Å². The molecule has 0 unspecified atom stereocenters. The van der Waals surface area contributed by atoms with Crippen LogP contribution in [0.15, 0.2) is 66.3 Å². The first-order valence-corrected chi connectivity index (χ1v) is 9.40. The highest BCUT2D eigenvalue weighted by Gasteiger charge is 2.21. The van der Waals surface area contributed by atoms with Crippen LogP contribution in [0.1, 0.15) is 28.5 Å². The third kappa shape index (κ3) is 4.46. The second-order valence-electron chi connectivity index (χ2n) is 6.71. The van der Waals surface area contributed by atoms with Gasteiger partial charge in [-0.1, -0.05) is 60.3 Å². The summed E-state index contributed by atoms with van der Waals surface area (Å²) in [7, 11) is 1.46. The molecule has 0 aliphatic carbocycles. The van der Waals surface area contributed by atoms with Crippen LogP contribution in [-0.4, -0.2) is 28.0 Å². The molecule has 1 amide bonds. The molecule has 0 spiro atoms. The average Bonchev–Trinajstić information content (AvgIpc) is 3.00. The van der Waals surface area contributed by atoms with E-state index in [0.717, 1.165) is 27.1 Å². The van der Waals surface area contributed by atoms with Crippen LogP contribution in [0, 0.1) is 12.9 Å². The monoisotopic (exact) mass is 406 g/mol. The van der Waals surface area contributed by atoms with Gasteiger partial charge in [-0.05, 0) is 31.0 Å². The Hall–Kier alpha value is -3.74. The first kappa shape index (κ1) is 21.0. The Morgan fingerprint density at radius 3 is 2.60 bits per heavy atom. The molecule has 30 heavy (non-hydrogen) atoms. The summed E-state index contributed by atoms with van der Waals surface area (Å²) in [5, 5.41) is 10.8. The van der Waals surface area contributed by atoms with E-state index in [1.54, 1.807) is 19.1 Å². The van der Waals surface area contributed by atoms with Crippen LogP contribution in [0.5, 0.6) is 0 Å². The van der Waals surface area contributed by atoms with E-state index in [0.29, 0.717) is 18.0 Å². The maximum absolute atomic E-state index is 14.2. The highest BCUT2D eigenvalue weighted by Crippen LogP contribution is 2.29.